The fourth-order valence-electron chi connectivity index (χ4n) is 2.89. The first-order valence-corrected chi connectivity index (χ1v) is 8.29. The number of imidazole rings is 1. The molecule has 0 radical (unpaired) electrons. The highest BCUT2D eigenvalue weighted by Gasteiger charge is 2.35. The first kappa shape index (κ1) is 18.3. The zero-order valence-corrected chi connectivity index (χ0v) is 14.5. The molecule has 2 heterocycles. The minimum atomic E-state index is -1.37. The lowest BCUT2D eigenvalue weighted by Gasteiger charge is -2.31. The van der Waals surface area contributed by atoms with Crippen molar-refractivity contribution >= 4 is 22.8 Å². The van der Waals surface area contributed by atoms with Crippen molar-refractivity contribution in [2.24, 2.45) is 0 Å². The average Bonchev–Trinajstić information content (AvgIpc) is 3.01. The van der Waals surface area contributed by atoms with Crippen LogP contribution >= 0.6 is 0 Å². The summed E-state index contributed by atoms with van der Waals surface area (Å²) in [6, 6.07) is 5.21. The Morgan fingerprint density at radius 2 is 2.35 bits per heavy atom. The maximum atomic E-state index is 12.9. The predicted octanol–water partition coefficient (Wildman–Crippen LogP) is -0.471. The highest BCUT2D eigenvalue weighted by Crippen LogP contribution is 2.17. The largest absolute Gasteiger partial charge is 0.384 e. The van der Waals surface area contributed by atoms with Gasteiger partial charge in [-0.1, -0.05) is 0 Å². The number of rotatable bonds is 5. The summed E-state index contributed by atoms with van der Waals surface area (Å²) in [6.45, 7) is 0.632. The van der Waals surface area contributed by atoms with Crippen molar-refractivity contribution in [3.05, 3.63) is 30.1 Å². The third kappa shape index (κ3) is 4.18. The molecule has 3 rings (SSSR count). The zero-order valence-electron chi connectivity index (χ0n) is 14.5. The number of hydrogen-bond acceptors (Lipinski definition) is 6. The van der Waals surface area contributed by atoms with Gasteiger partial charge in [0.05, 0.1) is 43.7 Å². The maximum absolute atomic E-state index is 12.9. The number of benzene rings is 1. The van der Waals surface area contributed by atoms with Gasteiger partial charge in [0.25, 0.3) is 5.91 Å². The molecule has 1 saturated heterocycles. The van der Waals surface area contributed by atoms with Crippen molar-refractivity contribution in [1.82, 2.24) is 20.2 Å². The van der Waals surface area contributed by atoms with Gasteiger partial charge in [-0.15, -0.1) is 0 Å². The molecule has 0 saturated carbocycles. The second kappa shape index (κ2) is 7.81. The van der Waals surface area contributed by atoms with Gasteiger partial charge in [-0.25, -0.2) is 4.98 Å². The number of aromatic amines is 1. The molecule has 0 unspecified atom stereocenters. The summed E-state index contributed by atoms with van der Waals surface area (Å²) in [5.41, 5.74) is 0.671. The van der Waals surface area contributed by atoms with Crippen molar-refractivity contribution in [3.8, 4) is 0 Å². The number of aliphatic hydroxyl groups is 1. The fraction of sp³-hybridized carbons (Fsp3) is 0.471. The number of amides is 2. The summed E-state index contributed by atoms with van der Waals surface area (Å²) in [6.07, 6.45) is 1.57. The Balaban J connectivity index is 1.71. The molecule has 2 amide bonds. The monoisotopic (exact) mass is 362 g/mol. The van der Waals surface area contributed by atoms with Gasteiger partial charge in [0.15, 0.2) is 0 Å². The zero-order chi connectivity index (χ0) is 18.6. The molecule has 1 fully saturated rings. The van der Waals surface area contributed by atoms with E-state index < -0.39 is 5.60 Å². The first-order chi connectivity index (χ1) is 12.5. The lowest BCUT2D eigenvalue weighted by Crippen LogP contribution is -2.53. The van der Waals surface area contributed by atoms with E-state index in [1.165, 1.54) is 12.0 Å². The molecule has 0 spiro atoms. The summed E-state index contributed by atoms with van der Waals surface area (Å²) in [5, 5.41) is 13.4. The van der Waals surface area contributed by atoms with Crippen LogP contribution in [0.15, 0.2) is 24.5 Å². The molecule has 3 N–H and O–H groups in total. The van der Waals surface area contributed by atoms with Crippen molar-refractivity contribution in [2.75, 3.05) is 46.6 Å². The van der Waals surface area contributed by atoms with E-state index in [2.05, 4.69) is 15.3 Å². The number of β-amino-alcohol motifs (C(OH)–C–C–N with tert-alkyl or cyclic N) is 1. The molecule has 9 nitrogen and oxygen atoms in total. The molecule has 1 aliphatic heterocycles. The Morgan fingerprint density at radius 1 is 1.50 bits per heavy atom. The van der Waals surface area contributed by atoms with Crippen LogP contribution in [-0.2, 0) is 14.3 Å². The molecular weight excluding hydrogens is 340 g/mol. The number of carbonyl (C=O) groups is 2. The van der Waals surface area contributed by atoms with E-state index in [0.717, 1.165) is 11.0 Å². The van der Waals surface area contributed by atoms with E-state index in [9.17, 15) is 14.7 Å². The number of hydrogen-bond donors (Lipinski definition) is 3. The molecule has 9 heteroatoms. The average molecular weight is 362 g/mol. The van der Waals surface area contributed by atoms with Gasteiger partial charge in [0, 0.05) is 19.2 Å². The molecule has 0 aliphatic carbocycles. The summed E-state index contributed by atoms with van der Waals surface area (Å²) in [4.78, 5) is 33.1. The summed E-state index contributed by atoms with van der Waals surface area (Å²) in [7, 11) is 1.42. The maximum Gasteiger partial charge on any atom is 0.254 e. The molecule has 2 aromatic rings. The number of nitrogens with one attached hydrogen (secondary N) is 2. The minimum absolute atomic E-state index is 0.0292. The van der Waals surface area contributed by atoms with Crippen molar-refractivity contribution < 1.29 is 24.2 Å². The van der Waals surface area contributed by atoms with Crippen LogP contribution in [0.1, 0.15) is 10.4 Å². The second-order valence-corrected chi connectivity index (χ2v) is 6.35. The summed E-state index contributed by atoms with van der Waals surface area (Å²) < 4.78 is 10.2. The summed E-state index contributed by atoms with van der Waals surface area (Å²) in [5.74, 6) is -0.554. The van der Waals surface area contributed by atoms with Gasteiger partial charge in [0.2, 0.25) is 5.91 Å². The molecular formula is C17H22N4O5. The Kier molecular flexibility index (Phi) is 5.50. The van der Waals surface area contributed by atoms with Crippen LogP contribution in [0.25, 0.3) is 11.0 Å². The SMILES string of the molecule is COCC(=O)NC[C@]1(O)COCCN(C(=O)c2ccc3nc[nH]c3c2)C1. The van der Waals surface area contributed by atoms with Gasteiger partial charge >= 0.3 is 0 Å². The molecule has 0 bridgehead atoms. The number of aromatic nitrogens is 2. The van der Waals surface area contributed by atoms with E-state index in [4.69, 9.17) is 9.47 Å². The number of ether oxygens (including phenoxy) is 2. The van der Waals surface area contributed by atoms with E-state index in [1.807, 2.05) is 0 Å². The highest BCUT2D eigenvalue weighted by molar-refractivity contribution is 5.97. The van der Waals surface area contributed by atoms with Crippen LogP contribution in [-0.4, -0.2) is 84.0 Å². The topological polar surface area (TPSA) is 117 Å². The van der Waals surface area contributed by atoms with E-state index in [1.54, 1.807) is 24.5 Å². The van der Waals surface area contributed by atoms with Gasteiger partial charge < -0.3 is 29.8 Å². The van der Waals surface area contributed by atoms with Crippen LogP contribution in [0.4, 0.5) is 0 Å². The van der Waals surface area contributed by atoms with Crippen LogP contribution in [0, 0.1) is 0 Å². The van der Waals surface area contributed by atoms with Crippen molar-refractivity contribution in [3.63, 3.8) is 0 Å². The smallest absolute Gasteiger partial charge is 0.254 e. The number of H-pyrrole nitrogens is 1. The van der Waals surface area contributed by atoms with E-state index in [-0.39, 0.29) is 38.1 Å². The van der Waals surface area contributed by atoms with Crippen LogP contribution < -0.4 is 5.32 Å². The molecule has 1 aliphatic rings. The van der Waals surface area contributed by atoms with Crippen LogP contribution in [0.5, 0.6) is 0 Å². The Morgan fingerprint density at radius 3 is 3.15 bits per heavy atom. The standard InChI is InChI=1S/C17H22N4O5/c1-25-7-15(22)18-8-17(24)9-21(4-5-26-10-17)16(23)12-2-3-13-14(6-12)20-11-19-13/h2-3,6,11,24H,4-5,7-10H2,1H3,(H,18,22)(H,19,20)/t17-/m1/s1. The van der Waals surface area contributed by atoms with Gasteiger partial charge in [-0.05, 0) is 18.2 Å². The predicted molar refractivity (Wildman–Crippen MR) is 92.7 cm³/mol. The quantitative estimate of drug-likeness (QED) is 0.662. The minimum Gasteiger partial charge on any atom is -0.384 e. The van der Waals surface area contributed by atoms with E-state index >= 15 is 0 Å². The van der Waals surface area contributed by atoms with E-state index in [0.29, 0.717) is 18.7 Å². The molecule has 1 atom stereocenters. The van der Waals surface area contributed by atoms with Crippen LogP contribution in [0.3, 0.4) is 0 Å². The van der Waals surface area contributed by atoms with Crippen molar-refractivity contribution in [2.45, 2.75) is 5.60 Å². The molecule has 140 valence electrons. The number of methoxy groups -OCH3 is 1. The molecule has 1 aromatic carbocycles. The van der Waals surface area contributed by atoms with Crippen molar-refractivity contribution in [1.29, 1.82) is 0 Å². The number of nitrogens with zero attached hydrogens (tertiary/aromatic N) is 2. The third-order valence-corrected chi connectivity index (χ3v) is 4.21. The Hall–Kier alpha value is -2.49. The molecule has 26 heavy (non-hydrogen) atoms. The fourth-order valence-corrected chi connectivity index (χ4v) is 2.89. The lowest BCUT2D eigenvalue weighted by molar-refractivity contribution is -0.126. The van der Waals surface area contributed by atoms with Gasteiger partial charge in [-0.2, -0.15) is 0 Å². The highest BCUT2D eigenvalue weighted by atomic mass is 16.5. The molecule has 1 aromatic heterocycles. The Bertz CT molecular complexity index is 792. The first-order valence-electron chi connectivity index (χ1n) is 8.29. The number of carbonyl (C=O) groups excluding carboxylic acids is 2. The third-order valence-electron chi connectivity index (χ3n) is 4.21. The van der Waals surface area contributed by atoms with Gasteiger partial charge in [-0.3, -0.25) is 9.59 Å². The second-order valence-electron chi connectivity index (χ2n) is 6.35. The lowest BCUT2D eigenvalue weighted by atomic mass is 10.0. The normalized spacial score (nSPS) is 20.8. The van der Waals surface area contributed by atoms with Gasteiger partial charge in [0.1, 0.15) is 12.2 Å². The summed E-state index contributed by atoms with van der Waals surface area (Å²) >= 11 is 0. The Labute approximate surface area is 150 Å². The number of fused-ring (bicyclic) bond motifs is 1. The van der Waals surface area contributed by atoms with Crippen LogP contribution in [0.2, 0.25) is 0 Å².